The van der Waals surface area contributed by atoms with Crippen molar-refractivity contribution >= 4 is 55.2 Å². The number of anilines is 1. The van der Waals surface area contributed by atoms with Crippen molar-refractivity contribution in [3.8, 4) is 0 Å². The number of hydrogen-bond acceptors (Lipinski definition) is 6. The van der Waals surface area contributed by atoms with E-state index in [1.807, 2.05) is 18.4 Å². The Morgan fingerprint density at radius 2 is 2.05 bits per heavy atom. The van der Waals surface area contributed by atoms with Crippen molar-refractivity contribution in [3.63, 3.8) is 0 Å². The van der Waals surface area contributed by atoms with Gasteiger partial charge in [-0.05, 0) is 24.0 Å². The maximum atomic E-state index is 4.44. The number of aromatic nitrogens is 3. The number of hydrogen-bond donors (Lipinski definition) is 1. The molecule has 0 aliphatic rings. The molecule has 4 nitrogen and oxygen atoms in total. The first-order chi connectivity index (χ1) is 9.76. The van der Waals surface area contributed by atoms with E-state index >= 15 is 0 Å². The van der Waals surface area contributed by atoms with Crippen molar-refractivity contribution in [2.24, 2.45) is 0 Å². The molecule has 102 valence electrons. The van der Waals surface area contributed by atoms with Gasteiger partial charge in [-0.3, -0.25) is 0 Å². The molecule has 0 aliphatic carbocycles. The van der Waals surface area contributed by atoms with Crippen molar-refractivity contribution in [1.82, 2.24) is 15.0 Å². The summed E-state index contributed by atoms with van der Waals surface area (Å²) in [6.07, 6.45) is 3.57. The van der Waals surface area contributed by atoms with Crippen molar-refractivity contribution in [1.29, 1.82) is 0 Å². The normalized spacial score (nSPS) is 10.9. The highest BCUT2D eigenvalue weighted by atomic mass is 79.9. The van der Waals surface area contributed by atoms with Crippen molar-refractivity contribution < 1.29 is 0 Å². The molecule has 0 amide bonds. The van der Waals surface area contributed by atoms with Gasteiger partial charge in [0.05, 0.1) is 0 Å². The van der Waals surface area contributed by atoms with Gasteiger partial charge in [0.25, 0.3) is 0 Å². The largest absolute Gasteiger partial charge is 0.365 e. The zero-order chi connectivity index (χ0) is 13.9. The summed E-state index contributed by atoms with van der Waals surface area (Å²) >= 11 is 6.68. The molecule has 1 N–H and O–H groups in total. The van der Waals surface area contributed by atoms with Gasteiger partial charge in [-0.1, -0.05) is 39.8 Å². The van der Waals surface area contributed by atoms with E-state index in [0.717, 1.165) is 31.5 Å². The molecule has 0 radical (unpaired) electrons. The summed E-state index contributed by atoms with van der Waals surface area (Å²) in [6, 6.07) is 8.22. The van der Waals surface area contributed by atoms with E-state index in [1.54, 1.807) is 29.4 Å². The maximum Gasteiger partial charge on any atom is 0.176 e. The third-order valence-electron chi connectivity index (χ3n) is 2.72. The molecule has 0 saturated carbocycles. The average Bonchev–Trinajstić information content (AvgIpc) is 2.90. The molecule has 0 aliphatic heterocycles. The maximum absolute atomic E-state index is 4.44. The molecule has 0 bridgehead atoms. The molecule has 1 aromatic carbocycles. The Bertz CT molecular complexity index is 727. The molecule has 0 saturated heterocycles. The number of fused-ring (bicyclic) bond motifs is 1. The van der Waals surface area contributed by atoms with Crippen LogP contribution in [0.2, 0.25) is 0 Å². The Morgan fingerprint density at radius 1 is 1.25 bits per heavy atom. The topological polar surface area (TPSA) is 50.7 Å². The number of nitrogens with zero attached hydrogens (tertiary/aromatic N) is 3. The van der Waals surface area contributed by atoms with Crippen molar-refractivity contribution in [3.05, 3.63) is 40.6 Å². The van der Waals surface area contributed by atoms with Crippen LogP contribution in [0.25, 0.3) is 10.3 Å². The zero-order valence-electron chi connectivity index (χ0n) is 10.6. The molecule has 0 unspecified atom stereocenters. The van der Waals surface area contributed by atoms with Crippen LogP contribution in [0.1, 0.15) is 5.56 Å². The average molecular weight is 367 g/mol. The summed E-state index contributed by atoms with van der Waals surface area (Å²) in [5, 5.41) is 3.36. The smallest absolute Gasteiger partial charge is 0.176 e. The summed E-state index contributed by atoms with van der Waals surface area (Å²) in [4.78, 5) is 13.0. The van der Waals surface area contributed by atoms with Gasteiger partial charge in [-0.25, -0.2) is 15.0 Å². The lowest BCUT2D eigenvalue weighted by Gasteiger charge is -2.05. The fraction of sp³-hybridized carbons (Fsp3) is 0.154. The first-order valence-electron chi connectivity index (χ1n) is 5.90. The molecule has 0 atom stereocenters. The van der Waals surface area contributed by atoms with E-state index in [2.05, 4.69) is 48.3 Å². The van der Waals surface area contributed by atoms with Crippen LogP contribution < -0.4 is 5.32 Å². The minimum atomic E-state index is 0.728. The Kier molecular flexibility index (Phi) is 4.18. The SMILES string of the molecule is CSc1nc2ncnc(NCc3ccc(Br)cc3)c2s1. The second-order valence-electron chi connectivity index (χ2n) is 4.04. The summed E-state index contributed by atoms with van der Waals surface area (Å²) in [7, 11) is 0. The molecular formula is C13H11BrN4S2. The second-order valence-corrected chi connectivity index (χ2v) is 7.01. The van der Waals surface area contributed by atoms with Gasteiger partial charge in [0.2, 0.25) is 0 Å². The lowest BCUT2D eigenvalue weighted by Crippen LogP contribution is -2.01. The van der Waals surface area contributed by atoms with Gasteiger partial charge >= 0.3 is 0 Å². The Morgan fingerprint density at radius 3 is 2.80 bits per heavy atom. The molecule has 2 aromatic heterocycles. The van der Waals surface area contributed by atoms with Crippen LogP contribution in [0, 0.1) is 0 Å². The molecule has 0 fully saturated rings. The zero-order valence-corrected chi connectivity index (χ0v) is 13.8. The highest BCUT2D eigenvalue weighted by Crippen LogP contribution is 2.31. The van der Waals surface area contributed by atoms with Gasteiger partial charge in [0.15, 0.2) is 9.99 Å². The van der Waals surface area contributed by atoms with Crippen LogP contribution in [-0.4, -0.2) is 21.2 Å². The van der Waals surface area contributed by atoms with Gasteiger partial charge in [-0.15, -0.1) is 11.3 Å². The minimum absolute atomic E-state index is 0.728. The van der Waals surface area contributed by atoms with Gasteiger partial charge in [0, 0.05) is 11.0 Å². The van der Waals surface area contributed by atoms with Crippen LogP contribution in [0.4, 0.5) is 5.82 Å². The fourth-order valence-corrected chi connectivity index (χ4v) is 3.48. The summed E-state index contributed by atoms with van der Waals surface area (Å²) in [5.74, 6) is 0.843. The molecule has 0 spiro atoms. The molecule has 2 heterocycles. The Labute approximate surface area is 133 Å². The van der Waals surface area contributed by atoms with E-state index < -0.39 is 0 Å². The van der Waals surface area contributed by atoms with Crippen LogP contribution >= 0.6 is 39.0 Å². The number of benzene rings is 1. The van der Waals surface area contributed by atoms with E-state index in [0.29, 0.717) is 0 Å². The van der Waals surface area contributed by atoms with Crippen LogP contribution in [0.3, 0.4) is 0 Å². The highest BCUT2D eigenvalue weighted by Gasteiger charge is 2.09. The number of halogens is 1. The molecular weight excluding hydrogens is 356 g/mol. The standard InChI is InChI=1S/C13H11BrN4S2/c1-19-13-18-12-10(20-13)11(16-7-17-12)15-6-8-2-4-9(14)5-3-8/h2-5,7H,6H2,1H3,(H,15,16,17). The van der Waals surface area contributed by atoms with Crippen molar-refractivity contribution in [2.75, 3.05) is 11.6 Å². The first-order valence-corrected chi connectivity index (χ1v) is 8.73. The van der Waals surface area contributed by atoms with Crippen LogP contribution in [-0.2, 0) is 6.54 Å². The predicted octanol–water partition coefficient (Wildman–Crippen LogP) is 4.18. The molecule has 3 rings (SSSR count). The van der Waals surface area contributed by atoms with E-state index in [4.69, 9.17) is 0 Å². The second kappa shape index (κ2) is 6.07. The minimum Gasteiger partial charge on any atom is -0.365 e. The van der Waals surface area contributed by atoms with Crippen LogP contribution in [0.15, 0.2) is 39.4 Å². The summed E-state index contributed by atoms with van der Waals surface area (Å²) < 4.78 is 3.10. The third kappa shape index (κ3) is 2.94. The molecule has 3 aromatic rings. The van der Waals surface area contributed by atoms with E-state index in [9.17, 15) is 0 Å². The van der Waals surface area contributed by atoms with Gasteiger partial charge in [-0.2, -0.15) is 0 Å². The first kappa shape index (κ1) is 13.8. The van der Waals surface area contributed by atoms with Gasteiger partial charge < -0.3 is 5.32 Å². The third-order valence-corrected chi connectivity index (χ3v) is 5.28. The van der Waals surface area contributed by atoms with Crippen LogP contribution in [0.5, 0.6) is 0 Å². The predicted molar refractivity (Wildman–Crippen MR) is 88.5 cm³/mol. The van der Waals surface area contributed by atoms with Crippen molar-refractivity contribution in [2.45, 2.75) is 10.9 Å². The summed E-state index contributed by atoms with van der Waals surface area (Å²) in [6.45, 7) is 0.728. The highest BCUT2D eigenvalue weighted by molar-refractivity contribution is 9.10. The number of thioether (sulfide) groups is 1. The molecule has 7 heteroatoms. The number of nitrogens with one attached hydrogen (secondary N) is 1. The van der Waals surface area contributed by atoms with E-state index in [1.165, 1.54) is 5.56 Å². The lowest BCUT2D eigenvalue weighted by atomic mass is 10.2. The monoisotopic (exact) mass is 366 g/mol. The Balaban J connectivity index is 1.83. The van der Waals surface area contributed by atoms with Gasteiger partial charge in [0.1, 0.15) is 16.8 Å². The molecule has 20 heavy (non-hydrogen) atoms. The number of rotatable bonds is 4. The quantitative estimate of drug-likeness (QED) is 0.701. The number of thiazole rings is 1. The summed E-state index contributed by atoms with van der Waals surface area (Å²) in [5.41, 5.74) is 1.96. The van der Waals surface area contributed by atoms with E-state index in [-0.39, 0.29) is 0 Å². The lowest BCUT2D eigenvalue weighted by molar-refractivity contribution is 1.10. The fourth-order valence-electron chi connectivity index (χ4n) is 1.74. The Hall–Kier alpha value is -1.18.